The Balaban J connectivity index is 1.62. The van der Waals surface area contributed by atoms with Crippen molar-refractivity contribution in [1.82, 2.24) is 15.0 Å². The molecule has 0 radical (unpaired) electrons. The highest BCUT2D eigenvalue weighted by Gasteiger charge is 2.24. The third-order valence-corrected chi connectivity index (χ3v) is 4.68. The topological polar surface area (TPSA) is 102 Å². The van der Waals surface area contributed by atoms with Gasteiger partial charge in [0.15, 0.2) is 5.15 Å². The maximum atomic E-state index is 14.0. The van der Waals surface area contributed by atoms with Gasteiger partial charge in [-0.05, 0) is 25.1 Å². The van der Waals surface area contributed by atoms with E-state index in [0.29, 0.717) is 34.4 Å². The number of hydrogen-bond donors (Lipinski definition) is 1. The minimum Gasteiger partial charge on any atom is -0.449 e. The quantitative estimate of drug-likeness (QED) is 0.488. The Hall–Kier alpha value is -3.59. The van der Waals surface area contributed by atoms with Crippen molar-refractivity contribution in [2.24, 2.45) is 4.99 Å². The number of amides is 1. The van der Waals surface area contributed by atoms with Crippen LogP contribution in [0.5, 0.6) is 11.8 Å². The van der Waals surface area contributed by atoms with E-state index in [1.54, 1.807) is 31.2 Å². The number of nitrogens with zero attached hydrogens (tertiary/aromatic N) is 4. The number of nitrogens with one attached hydrogen (secondary N) is 1. The number of hydrogen-bond acceptors (Lipinski definition) is 7. The van der Waals surface area contributed by atoms with Crippen molar-refractivity contribution >= 4 is 50.8 Å². The number of aromatic nitrogens is 3. The fourth-order valence-electron chi connectivity index (χ4n) is 3.14. The average Bonchev–Trinajstić information content (AvgIpc) is 3.02. The van der Waals surface area contributed by atoms with Gasteiger partial charge in [-0.25, -0.2) is 15.0 Å². The number of carbonyl (C=O) groups excluding carboxylic acids is 1. The molecule has 5 rings (SSSR count). The summed E-state index contributed by atoms with van der Waals surface area (Å²) in [7, 11) is 0. The van der Waals surface area contributed by atoms with E-state index in [9.17, 15) is 9.18 Å². The summed E-state index contributed by atoms with van der Waals surface area (Å²) in [5.41, 5.74) is 2.33. The number of anilines is 1. The summed E-state index contributed by atoms with van der Waals surface area (Å²) in [6.45, 7) is 2.19. The summed E-state index contributed by atoms with van der Waals surface area (Å²) < 4.78 is 25.1. The molecule has 1 aromatic carbocycles. The summed E-state index contributed by atoms with van der Waals surface area (Å²) in [5, 5.41) is 4.31. The van der Waals surface area contributed by atoms with Crippen LogP contribution in [0.25, 0.3) is 21.9 Å². The lowest BCUT2D eigenvalue weighted by atomic mass is 10.1. The number of benzene rings is 1. The molecule has 1 aliphatic rings. The number of fused-ring (bicyclic) bond motifs is 5. The molecule has 8 nitrogen and oxygen atoms in total. The fraction of sp³-hybridized carbons (Fsp3) is 0.105. The van der Waals surface area contributed by atoms with E-state index in [1.165, 1.54) is 0 Å². The molecule has 0 saturated carbocycles. The molecule has 3 aromatic heterocycles. The van der Waals surface area contributed by atoms with E-state index < -0.39 is 11.7 Å². The number of pyridine rings is 1. The molecule has 0 fully saturated rings. The first kappa shape index (κ1) is 17.5. The van der Waals surface area contributed by atoms with E-state index >= 15 is 0 Å². The van der Waals surface area contributed by atoms with Crippen LogP contribution in [0.2, 0.25) is 5.15 Å². The summed E-state index contributed by atoms with van der Waals surface area (Å²) in [6, 6.07) is 6.74. The molecule has 0 bridgehead atoms. The second kappa shape index (κ2) is 6.49. The molecule has 4 aromatic rings. The Morgan fingerprint density at radius 1 is 1.24 bits per heavy atom. The average molecular weight is 412 g/mol. The Morgan fingerprint density at radius 3 is 2.97 bits per heavy atom. The minimum atomic E-state index is -0.871. The lowest BCUT2D eigenvalue weighted by Gasteiger charge is -2.07. The molecule has 0 aliphatic carbocycles. The maximum absolute atomic E-state index is 14.0. The predicted octanol–water partition coefficient (Wildman–Crippen LogP) is 4.38. The van der Waals surface area contributed by atoms with Crippen LogP contribution < -0.4 is 10.1 Å². The first-order valence-electron chi connectivity index (χ1n) is 8.54. The van der Waals surface area contributed by atoms with Crippen molar-refractivity contribution in [3.63, 3.8) is 0 Å². The number of rotatable bonds is 2. The monoisotopic (exact) mass is 411 g/mol. The van der Waals surface area contributed by atoms with Crippen molar-refractivity contribution in [3.05, 3.63) is 47.3 Å². The summed E-state index contributed by atoms with van der Waals surface area (Å²) in [6.07, 6.45) is 1.10. The van der Waals surface area contributed by atoms with Crippen molar-refractivity contribution in [3.8, 4) is 11.8 Å². The lowest BCUT2D eigenvalue weighted by molar-refractivity contribution is 0.0980. The van der Waals surface area contributed by atoms with Crippen molar-refractivity contribution in [2.45, 2.75) is 6.92 Å². The lowest BCUT2D eigenvalue weighted by Crippen LogP contribution is -2.08. The predicted molar refractivity (Wildman–Crippen MR) is 105 cm³/mol. The number of furan rings is 1. The van der Waals surface area contributed by atoms with Gasteiger partial charge < -0.3 is 14.5 Å². The van der Waals surface area contributed by atoms with E-state index in [4.69, 9.17) is 20.8 Å². The third-order valence-electron chi connectivity index (χ3n) is 4.42. The Bertz CT molecular complexity index is 1350. The Labute approximate surface area is 167 Å². The van der Waals surface area contributed by atoms with E-state index in [2.05, 4.69) is 25.3 Å². The number of ether oxygens (including phenoxy) is 1. The van der Waals surface area contributed by atoms with Crippen LogP contribution in [0, 0.1) is 5.82 Å². The first-order valence-corrected chi connectivity index (χ1v) is 8.91. The molecule has 1 N–H and O–H groups in total. The molecule has 0 unspecified atom stereocenters. The second-order valence-corrected chi connectivity index (χ2v) is 6.71. The zero-order valence-electron chi connectivity index (χ0n) is 14.9. The van der Waals surface area contributed by atoms with Crippen LogP contribution in [0.3, 0.4) is 0 Å². The normalized spacial score (nSPS) is 13.8. The standard InChI is InChI=1S/C19H11ClFN5O3/c1-8-6-22-15-13-9-2-5-12(29-19-14(21)17(20)23-7-24-19)26-10(9)3-4-11(13)28-16(15)18(27)25-8/h2-5,7,22H,6H2,1H3. The molecule has 10 heteroatoms. The van der Waals surface area contributed by atoms with Crippen LogP contribution in [0.15, 0.2) is 40.0 Å². The van der Waals surface area contributed by atoms with E-state index in [-0.39, 0.29) is 22.7 Å². The highest BCUT2D eigenvalue weighted by atomic mass is 35.5. The molecule has 1 aliphatic heterocycles. The van der Waals surface area contributed by atoms with Gasteiger partial charge in [0.05, 0.1) is 23.1 Å². The third kappa shape index (κ3) is 2.87. The first-order chi connectivity index (χ1) is 14.0. The Kier molecular flexibility index (Phi) is 3.92. The zero-order chi connectivity index (χ0) is 20.1. The summed E-state index contributed by atoms with van der Waals surface area (Å²) >= 11 is 5.65. The fourth-order valence-corrected chi connectivity index (χ4v) is 3.27. The summed E-state index contributed by atoms with van der Waals surface area (Å²) in [5.74, 6) is -1.35. The molecule has 0 spiro atoms. The second-order valence-electron chi connectivity index (χ2n) is 6.35. The molecule has 0 saturated heterocycles. The number of aliphatic imine (C=N–C) groups is 1. The maximum Gasteiger partial charge on any atom is 0.314 e. The van der Waals surface area contributed by atoms with Gasteiger partial charge in [-0.3, -0.25) is 4.79 Å². The molecule has 1 amide bonds. The van der Waals surface area contributed by atoms with Gasteiger partial charge in [0.2, 0.25) is 17.5 Å². The molecule has 144 valence electrons. The van der Waals surface area contributed by atoms with Crippen molar-refractivity contribution in [2.75, 3.05) is 11.9 Å². The smallest absolute Gasteiger partial charge is 0.314 e. The van der Waals surface area contributed by atoms with Gasteiger partial charge in [-0.1, -0.05) is 11.6 Å². The van der Waals surface area contributed by atoms with E-state index in [0.717, 1.165) is 11.7 Å². The summed E-state index contributed by atoms with van der Waals surface area (Å²) in [4.78, 5) is 28.0. The van der Waals surface area contributed by atoms with E-state index in [1.807, 2.05) is 0 Å². The van der Waals surface area contributed by atoms with Gasteiger partial charge in [0.25, 0.3) is 5.88 Å². The molecule has 29 heavy (non-hydrogen) atoms. The Morgan fingerprint density at radius 2 is 2.10 bits per heavy atom. The molecule has 0 atom stereocenters. The van der Waals surface area contributed by atoms with Gasteiger partial charge in [0, 0.05) is 17.2 Å². The molecular formula is C19H11ClFN5O3. The zero-order valence-corrected chi connectivity index (χ0v) is 15.6. The van der Waals surface area contributed by atoms with Gasteiger partial charge >= 0.3 is 5.91 Å². The van der Waals surface area contributed by atoms with Gasteiger partial charge in [-0.15, -0.1) is 0 Å². The number of carbonyl (C=O) groups is 1. The molecule has 4 heterocycles. The van der Waals surface area contributed by atoms with Gasteiger partial charge in [-0.2, -0.15) is 9.37 Å². The van der Waals surface area contributed by atoms with Crippen LogP contribution in [-0.2, 0) is 0 Å². The van der Waals surface area contributed by atoms with Crippen molar-refractivity contribution in [1.29, 1.82) is 0 Å². The SMILES string of the molecule is CC1=NC(=O)c2oc3ccc4nc(Oc5ncnc(Cl)c5F)ccc4c3c2NC1. The van der Waals surface area contributed by atoms with Crippen LogP contribution in [-0.4, -0.2) is 33.1 Å². The van der Waals surface area contributed by atoms with Crippen molar-refractivity contribution < 1.29 is 18.3 Å². The van der Waals surface area contributed by atoms with Crippen LogP contribution >= 0.6 is 11.6 Å². The minimum absolute atomic E-state index is 0.128. The number of halogens is 2. The highest BCUT2D eigenvalue weighted by Crippen LogP contribution is 2.38. The van der Waals surface area contributed by atoms with Crippen LogP contribution in [0.4, 0.5) is 10.1 Å². The highest BCUT2D eigenvalue weighted by molar-refractivity contribution is 6.29. The largest absolute Gasteiger partial charge is 0.449 e. The van der Waals surface area contributed by atoms with Gasteiger partial charge in [0.1, 0.15) is 11.9 Å². The van der Waals surface area contributed by atoms with Crippen LogP contribution in [0.1, 0.15) is 17.5 Å². The molecular weight excluding hydrogens is 401 g/mol.